The van der Waals surface area contributed by atoms with Crippen LogP contribution in [0.2, 0.25) is 0 Å². The van der Waals surface area contributed by atoms with Crippen molar-refractivity contribution in [3.63, 3.8) is 0 Å². The van der Waals surface area contributed by atoms with Gasteiger partial charge in [0.2, 0.25) is 10.0 Å². The summed E-state index contributed by atoms with van der Waals surface area (Å²) in [5.41, 5.74) is 0. The lowest BCUT2D eigenvalue weighted by Gasteiger charge is -2.14. The molecule has 6 heteroatoms. The quantitative estimate of drug-likeness (QED) is 0.552. The summed E-state index contributed by atoms with van der Waals surface area (Å²) in [4.78, 5) is 0. The van der Waals surface area contributed by atoms with Gasteiger partial charge in [-0.25, -0.2) is 8.42 Å². The van der Waals surface area contributed by atoms with Gasteiger partial charge >= 0.3 is 0 Å². The van der Waals surface area contributed by atoms with E-state index in [0.717, 1.165) is 0 Å². The number of hydrogen-bond acceptors (Lipinski definition) is 4. The molecule has 0 unspecified atom stereocenters. The van der Waals surface area contributed by atoms with Gasteiger partial charge in [-0.15, -0.1) is 0 Å². The highest BCUT2D eigenvalue weighted by molar-refractivity contribution is 8.23. The van der Waals surface area contributed by atoms with Crippen LogP contribution in [0.25, 0.3) is 0 Å². The predicted molar refractivity (Wildman–Crippen MR) is 51.2 cm³/mol. The van der Waals surface area contributed by atoms with Crippen molar-refractivity contribution in [2.45, 2.75) is 6.42 Å². The molecule has 0 bridgehead atoms. The Labute approximate surface area is 76.2 Å². The first-order valence-electron chi connectivity index (χ1n) is 3.16. The van der Waals surface area contributed by atoms with E-state index in [0.29, 0.717) is 17.3 Å². The minimum absolute atomic E-state index is 0.244. The molecule has 3 nitrogen and oxygen atoms in total. The van der Waals surface area contributed by atoms with Gasteiger partial charge in [0.1, 0.15) is 4.32 Å². The molecule has 0 aromatic rings. The Hall–Kier alpha value is 0.190. The van der Waals surface area contributed by atoms with Gasteiger partial charge in [0.15, 0.2) is 0 Å². The fourth-order valence-electron chi connectivity index (χ4n) is 0.947. The first-order valence-corrected chi connectivity index (χ1v) is 6.40. The van der Waals surface area contributed by atoms with E-state index in [1.165, 1.54) is 16.1 Å². The Morgan fingerprint density at radius 2 is 2.27 bits per heavy atom. The maximum absolute atomic E-state index is 11.2. The van der Waals surface area contributed by atoms with Gasteiger partial charge in [-0.1, -0.05) is 24.0 Å². The lowest BCUT2D eigenvalue weighted by Crippen LogP contribution is -2.28. The molecular weight excluding hydrogens is 202 g/mol. The average Bonchev–Trinajstić information content (AvgIpc) is 2.28. The summed E-state index contributed by atoms with van der Waals surface area (Å²) in [5, 5.41) is 0. The van der Waals surface area contributed by atoms with E-state index in [4.69, 9.17) is 12.2 Å². The van der Waals surface area contributed by atoms with Crippen LogP contribution in [-0.2, 0) is 10.0 Å². The summed E-state index contributed by atoms with van der Waals surface area (Å²) in [6.45, 7) is 0.558. The molecule has 1 saturated heterocycles. The van der Waals surface area contributed by atoms with E-state index < -0.39 is 10.0 Å². The number of hydrogen-bond donors (Lipinski definition) is 0. The third-order valence-electron chi connectivity index (χ3n) is 1.48. The highest BCUT2D eigenvalue weighted by Gasteiger charge is 2.29. The fourth-order valence-corrected chi connectivity index (χ4v) is 3.59. The van der Waals surface area contributed by atoms with Crippen LogP contribution in [0.4, 0.5) is 0 Å². The number of rotatable bonds is 0. The van der Waals surface area contributed by atoms with Crippen LogP contribution in [0.3, 0.4) is 0 Å². The molecule has 1 heterocycles. The monoisotopic (exact) mass is 211 g/mol. The second kappa shape index (κ2) is 3.28. The molecule has 0 radical (unpaired) electrons. The Balaban J connectivity index is 2.82. The molecule has 1 aliphatic rings. The standard InChI is InChI=1S/C5H9NO2S3/c1-10-5(9)6-3-2-4-11(6,7)8/h2-4H2,1H3. The molecule has 0 spiro atoms. The minimum atomic E-state index is -3.03. The van der Waals surface area contributed by atoms with Crippen LogP contribution in [0.15, 0.2) is 0 Å². The molecule has 11 heavy (non-hydrogen) atoms. The van der Waals surface area contributed by atoms with Gasteiger partial charge in [-0.2, -0.15) is 0 Å². The first kappa shape index (κ1) is 9.28. The second-order valence-electron chi connectivity index (χ2n) is 2.21. The van der Waals surface area contributed by atoms with Crippen molar-refractivity contribution in [1.82, 2.24) is 4.31 Å². The number of sulfonamides is 1. The maximum Gasteiger partial charge on any atom is 0.236 e. The van der Waals surface area contributed by atoms with Crippen molar-refractivity contribution >= 4 is 38.3 Å². The van der Waals surface area contributed by atoms with Crippen molar-refractivity contribution in [3.8, 4) is 0 Å². The topological polar surface area (TPSA) is 37.4 Å². The summed E-state index contributed by atoms with van der Waals surface area (Å²) >= 11 is 6.18. The molecule has 1 fully saturated rings. The summed E-state index contributed by atoms with van der Waals surface area (Å²) in [5.74, 6) is 0.244. The van der Waals surface area contributed by atoms with Crippen LogP contribution in [0, 0.1) is 0 Å². The molecule has 64 valence electrons. The fraction of sp³-hybridized carbons (Fsp3) is 0.800. The maximum atomic E-state index is 11.2. The first-order chi connectivity index (χ1) is 5.08. The number of nitrogens with zero attached hydrogens (tertiary/aromatic N) is 1. The van der Waals surface area contributed by atoms with Crippen molar-refractivity contribution in [2.75, 3.05) is 18.6 Å². The summed E-state index contributed by atoms with van der Waals surface area (Å²) in [6.07, 6.45) is 2.49. The number of thioether (sulfide) groups is 1. The Morgan fingerprint density at radius 3 is 2.64 bits per heavy atom. The van der Waals surface area contributed by atoms with Crippen molar-refractivity contribution in [1.29, 1.82) is 0 Å². The van der Waals surface area contributed by atoms with Crippen molar-refractivity contribution in [2.24, 2.45) is 0 Å². The van der Waals surface area contributed by atoms with Crippen LogP contribution in [-0.4, -0.2) is 35.6 Å². The normalized spacial score (nSPS) is 22.1. The summed E-state index contributed by atoms with van der Waals surface area (Å²) in [7, 11) is -3.03. The van der Waals surface area contributed by atoms with Gasteiger partial charge in [0, 0.05) is 6.54 Å². The average molecular weight is 211 g/mol. The van der Waals surface area contributed by atoms with Gasteiger partial charge in [-0.05, 0) is 12.7 Å². The molecule has 0 aromatic heterocycles. The van der Waals surface area contributed by atoms with E-state index >= 15 is 0 Å². The zero-order valence-electron chi connectivity index (χ0n) is 6.11. The molecule has 0 N–H and O–H groups in total. The molecule has 0 amide bonds. The lowest BCUT2D eigenvalue weighted by molar-refractivity contribution is 0.558. The second-order valence-corrected chi connectivity index (χ2v) is 5.66. The Bertz CT molecular complexity index is 259. The minimum Gasteiger partial charge on any atom is -0.255 e. The Kier molecular flexibility index (Phi) is 2.77. The van der Waals surface area contributed by atoms with Crippen LogP contribution in [0.5, 0.6) is 0 Å². The van der Waals surface area contributed by atoms with Gasteiger partial charge in [0.05, 0.1) is 5.75 Å². The van der Waals surface area contributed by atoms with E-state index in [1.54, 1.807) is 6.26 Å². The molecule has 1 aliphatic heterocycles. The van der Waals surface area contributed by atoms with E-state index in [-0.39, 0.29) is 5.75 Å². The molecule has 0 aromatic carbocycles. The number of thiocarbonyl (C=S) groups is 1. The zero-order valence-corrected chi connectivity index (χ0v) is 8.56. The van der Waals surface area contributed by atoms with Gasteiger partial charge in [-0.3, -0.25) is 4.31 Å². The third kappa shape index (κ3) is 1.86. The van der Waals surface area contributed by atoms with Crippen LogP contribution in [0.1, 0.15) is 6.42 Å². The highest BCUT2D eigenvalue weighted by atomic mass is 32.2. The van der Waals surface area contributed by atoms with E-state index in [9.17, 15) is 8.42 Å². The Morgan fingerprint density at radius 1 is 1.64 bits per heavy atom. The highest BCUT2D eigenvalue weighted by Crippen LogP contribution is 2.18. The van der Waals surface area contributed by atoms with E-state index in [2.05, 4.69) is 0 Å². The SMILES string of the molecule is CSC(=S)N1CCCS1(=O)=O. The largest absolute Gasteiger partial charge is 0.255 e. The van der Waals surface area contributed by atoms with Crippen molar-refractivity contribution in [3.05, 3.63) is 0 Å². The molecule has 0 atom stereocenters. The molecule has 1 rings (SSSR count). The van der Waals surface area contributed by atoms with Gasteiger partial charge < -0.3 is 0 Å². The zero-order chi connectivity index (χ0) is 8.48. The predicted octanol–water partition coefficient (Wildman–Crippen LogP) is 0.670. The van der Waals surface area contributed by atoms with E-state index in [1.807, 2.05) is 0 Å². The summed E-state index contributed by atoms with van der Waals surface area (Å²) < 4.78 is 24.1. The lowest BCUT2D eigenvalue weighted by atomic mass is 10.5. The molecule has 0 aliphatic carbocycles. The summed E-state index contributed by atoms with van der Waals surface area (Å²) in [6, 6.07) is 0. The molecular formula is C5H9NO2S3. The smallest absolute Gasteiger partial charge is 0.236 e. The van der Waals surface area contributed by atoms with Crippen molar-refractivity contribution < 1.29 is 8.42 Å². The third-order valence-corrected chi connectivity index (χ3v) is 4.84. The van der Waals surface area contributed by atoms with Crippen LogP contribution >= 0.6 is 24.0 Å². The van der Waals surface area contributed by atoms with Crippen LogP contribution < -0.4 is 0 Å². The van der Waals surface area contributed by atoms with Gasteiger partial charge in [0.25, 0.3) is 0 Å². The molecule has 0 saturated carbocycles.